The summed E-state index contributed by atoms with van der Waals surface area (Å²) in [5.74, 6) is 0. The number of halogens is 6. The largest absolute Gasteiger partial charge is 0.451 e. The molecule has 0 atom stereocenters. The maximum absolute atomic E-state index is 6.94. The van der Waals surface area contributed by atoms with Crippen LogP contribution in [0.5, 0.6) is 0 Å². The SMILES string of the molecule is F.F.F.F.F.F.c1ccc2c(c1)nnn2O[P+](N1CCCC1)(N1CCCC1)N1CCCC1. The zero-order valence-electron chi connectivity index (χ0n) is 17.8. The minimum atomic E-state index is -2.07. The van der Waals surface area contributed by atoms with Gasteiger partial charge in [-0.1, -0.05) is 12.1 Å². The van der Waals surface area contributed by atoms with Crippen molar-refractivity contribution in [3.05, 3.63) is 24.3 Å². The van der Waals surface area contributed by atoms with Crippen LogP contribution in [-0.4, -0.2) is 68.4 Å². The van der Waals surface area contributed by atoms with E-state index in [1.54, 1.807) is 4.85 Å². The molecule has 3 aliphatic rings. The van der Waals surface area contributed by atoms with Crippen LogP contribution in [0.1, 0.15) is 38.5 Å². The summed E-state index contributed by atoms with van der Waals surface area (Å²) in [6.07, 6.45) is 7.61. The van der Waals surface area contributed by atoms with Crippen molar-refractivity contribution in [3.63, 3.8) is 0 Å². The lowest BCUT2D eigenvalue weighted by atomic mass is 10.3. The Balaban J connectivity index is 0. The number of rotatable bonds is 5. The minimum Gasteiger partial charge on any atom is -0.269 e. The predicted octanol–water partition coefficient (Wildman–Crippen LogP) is 3.74. The quantitative estimate of drug-likeness (QED) is 0.466. The molecule has 0 bridgehead atoms. The fraction of sp³-hybridized carbons (Fsp3) is 0.667. The van der Waals surface area contributed by atoms with Crippen molar-refractivity contribution >= 4 is 19.0 Å². The Hall–Kier alpha value is -1.69. The molecule has 0 spiro atoms. The molecule has 4 heterocycles. The fourth-order valence-electron chi connectivity index (χ4n) is 4.59. The van der Waals surface area contributed by atoms with Gasteiger partial charge in [0, 0.05) is 39.3 Å². The van der Waals surface area contributed by atoms with Gasteiger partial charge in [-0.25, -0.2) is 0 Å². The van der Waals surface area contributed by atoms with Crippen molar-refractivity contribution in [1.29, 1.82) is 0 Å². The highest BCUT2D eigenvalue weighted by Gasteiger charge is 2.63. The van der Waals surface area contributed by atoms with Crippen molar-refractivity contribution in [3.8, 4) is 0 Å². The highest BCUT2D eigenvalue weighted by atomic mass is 31.2. The molecule has 5 rings (SSSR count). The summed E-state index contributed by atoms with van der Waals surface area (Å²) < 4.78 is 14.9. The maximum atomic E-state index is 6.94. The zero-order chi connectivity index (χ0) is 17.4. The average molecular weight is 495 g/mol. The number of nitrogens with zero attached hydrogens (tertiary/aromatic N) is 6. The highest BCUT2D eigenvalue weighted by molar-refractivity contribution is 7.64. The van der Waals surface area contributed by atoms with E-state index in [-0.39, 0.29) is 28.2 Å². The second kappa shape index (κ2) is 13.8. The van der Waals surface area contributed by atoms with Crippen LogP contribution in [0, 0.1) is 0 Å². The van der Waals surface area contributed by atoms with Gasteiger partial charge in [0.2, 0.25) is 0 Å². The van der Waals surface area contributed by atoms with Crippen LogP contribution in [0.4, 0.5) is 28.2 Å². The molecule has 32 heavy (non-hydrogen) atoms. The van der Waals surface area contributed by atoms with Gasteiger partial charge in [-0.3, -0.25) is 28.2 Å². The number of benzene rings is 1. The van der Waals surface area contributed by atoms with Gasteiger partial charge in [0.05, 0.1) is 0 Å². The second-order valence-electron chi connectivity index (χ2n) is 7.53. The first-order valence-corrected chi connectivity index (χ1v) is 11.6. The molecule has 0 radical (unpaired) electrons. The number of para-hydroxylation sites is 1. The monoisotopic (exact) mass is 495 g/mol. The molecular formula is C18H34F6N6OP+. The fourth-order valence-corrected chi connectivity index (χ4v) is 8.71. The van der Waals surface area contributed by atoms with Gasteiger partial charge < -0.3 is 0 Å². The van der Waals surface area contributed by atoms with Crippen LogP contribution in [-0.2, 0) is 0 Å². The summed E-state index contributed by atoms with van der Waals surface area (Å²) in [6, 6.07) is 8.10. The Morgan fingerprint density at radius 3 is 1.47 bits per heavy atom. The van der Waals surface area contributed by atoms with Crippen molar-refractivity contribution in [2.45, 2.75) is 38.5 Å². The van der Waals surface area contributed by atoms with Gasteiger partial charge in [0.25, 0.3) is 0 Å². The smallest absolute Gasteiger partial charge is 0.269 e. The van der Waals surface area contributed by atoms with Crippen molar-refractivity contribution in [1.82, 2.24) is 29.2 Å². The number of aromatic nitrogens is 3. The number of fused-ring (bicyclic) bond motifs is 1. The highest BCUT2D eigenvalue weighted by Crippen LogP contribution is 2.68. The van der Waals surface area contributed by atoms with Crippen LogP contribution >= 0.6 is 7.94 Å². The van der Waals surface area contributed by atoms with Gasteiger partial charge in [0.15, 0.2) is 0 Å². The van der Waals surface area contributed by atoms with E-state index in [4.69, 9.17) is 4.62 Å². The van der Waals surface area contributed by atoms with Crippen LogP contribution in [0.15, 0.2) is 24.3 Å². The van der Waals surface area contributed by atoms with Gasteiger partial charge in [-0.15, -0.1) is 19.1 Å². The molecule has 0 N–H and O–H groups in total. The van der Waals surface area contributed by atoms with Crippen molar-refractivity contribution in [2.24, 2.45) is 0 Å². The van der Waals surface area contributed by atoms with E-state index in [2.05, 4.69) is 30.4 Å². The van der Waals surface area contributed by atoms with E-state index in [0.29, 0.717) is 0 Å². The van der Waals surface area contributed by atoms with E-state index in [1.807, 2.05) is 18.2 Å². The topological polar surface area (TPSA) is 49.7 Å². The van der Waals surface area contributed by atoms with Crippen LogP contribution in [0.25, 0.3) is 11.0 Å². The third-order valence-electron chi connectivity index (χ3n) is 5.86. The summed E-state index contributed by atoms with van der Waals surface area (Å²) in [4.78, 5) is 1.72. The van der Waals surface area contributed by atoms with Crippen LogP contribution in [0.3, 0.4) is 0 Å². The molecule has 14 heteroatoms. The zero-order valence-corrected chi connectivity index (χ0v) is 18.7. The van der Waals surface area contributed by atoms with Gasteiger partial charge in [-0.2, -0.15) is 4.62 Å². The summed E-state index contributed by atoms with van der Waals surface area (Å²) in [6.45, 7) is 6.79. The van der Waals surface area contributed by atoms with Crippen LogP contribution in [0.2, 0.25) is 0 Å². The molecule has 0 aliphatic carbocycles. The molecule has 0 amide bonds. The van der Waals surface area contributed by atoms with Crippen molar-refractivity contribution < 1.29 is 32.9 Å². The normalized spacial score (nSPS) is 19.0. The predicted molar refractivity (Wildman–Crippen MR) is 118 cm³/mol. The first-order valence-electron chi connectivity index (χ1n) is 10.0. The Bertz CT molecular complexity index is 730. The molecule has 1 aromatic heterocycles. The number of hydrogen-bond donors (Lipinski definition) is 0. The van der Waals surface area contributed by atoms with E-state index in [0.717, 1.165) is 50.3 Å². The molecule has 2 aromatic rings. The van der Waals surface area contributed by atoms with Crippen LogP contribution < -0.4 is 4.62 Å². The maximum Gasteiger partial charge on any atom is 0.451 e. The molecule has 1 aromatic carbocycles. The first kappa shape index (κ1) is 32.5. The third kappa shape index (κ3) is 5.44. The van der Waals surface area contributed by atoms with E-state index in [1.165, 1.54) is 38.5 Å². The van der Waals surface area contributed by atoms with Gasteiger partial charge in [0.1, 0.15) is 11.0 Å². The summed E-state index contributed by atoms with van der Waals surface area (Å²) >= 11 is 0. The van der Waals surface area contributed by atoms with Gasteiger partial charge in [-0.05, 0) is 60.7 Å². The molecule has 0 unspecified atom stereocenters. The lowest BCUT2D eigenvalue weighted by Gasteiger charge is -2.39. The summed E-state index contributed by atoms with van der Waals surface area (Å²) in [7, 11) is -2.07. The molecule has 3 aliphatic heterocycles. The average Bonchev–Trinajstić information content (AvgIpc) is 3.49. The van der Waals surface area contributed by atoms with Crippen molar-refractivity contribution in [2.75, 3.05) is 39.3 Å². The lowest BCUT2D eigenvalue weighted by molar-refractivity contribution is 0.169. The molecule has 188 valence electrons. The van der Waals surface area contributed by atoms with E-state index in [9.17, 15) is 0 Å². The molecule has 7 nitrogen and oxygen atoms in total. The molecule has 3 saturated heterocycles. The van der Waals surface area contributed by atoms with E-state index < -0.39 is 7.94 Å². The third-order valence-corrected chi connectivity index (χ3v) is 9.65. The minimum absolute atomic E-state index is 0. The molecule has 3 fully saturated rings. The summed E-state index contributed by atoms with van der Waals surface area (Å²) in [5, 5.41) is 8.72. The first-order chi connectivity index (χ1) is 12.9. The number of hydrogen-bond acceptors (Lipinski definition) is 6. The Labute approximate surface area is 183 Å². The Morgan fingerprint density at radius 2 is 1.03 bits per heavy atom. The summed E-state index contributed by atoms with van der Waals surface area (Å²) in [5.41, 5.74) is 1.87. The van der Waals surface area contributed by atoms with Gasteiger partial charge >= 0.3 is 7.94 Å². The lowest BCUT2D eigenvalue weighted by Crippen LogP contribution is -2.47. The Kier molecular flexibility index (Phi) is 14.0. The van der Waals surface area contributed by atoms with E-state index >= 15 is 0 Å². The second-order valence-corrected chi connectivity index (χ2v) is 10.4. The molecule has 0 saturated carbocycles. The standard InChI is InChI=1S/C18H28N6OP.6FH/c1-2-10-18-17(9-1)19-20-24(18)25-26(21-11-3-4-12-21,22-13-5-6-14-22)23-15-7-8-16-23;;;;;;/h1-2,9-10H,3-8,11-16H2;6*1H/q+1;;;;;;. The Morgan fingerprint density at radius 1 is 0.625 bits per heavy atom. The molecular weight excluding hydrogens is 461 g/mol.